The van der Waals surface area contributed by atoms with E-state index in [1.807, 2.05) is 0 Å². The summed E-state index contributed by atoms with van der Waals surface area (Å²) in [5.41, 5.74) is 0.0152. The summed E-state index contributed by atoms with van der Waals surface area (Å²) in [5, 5.41) is 31.0. The number of fused-ring (bicyclic) bond motifs is 1. The summed E-state index contributed by atoms with van der Waals surface area (Å²) in [5.74, 6) is 0.0458. The third-order valence-electron chi connectivity index (χ3n) is 3.12. The minimum absolute atomic E-state index is 0.0458. The second-order valence-corrected chi connectivity index (χ2v) is 4.42. The number of rotatable bonds is 3. The van der Waals surface area contributed by atoms with Gasteiger partial charge in [-0.25, -0.2) is 4.98 Å². The molecular formula is C10H13N5O5. The van der Waals surface area contributed by atoms with E-state index in [-0.39, 0.29) is 17.1 Å². The molecule has 1 aliphatic rings. The van der Waals surface area contributed by atoms with E-state index in [9.17, 15) is 15.0 Å². The summed E-state index contributed by atoms with van der Waals surface area (Å²) in [6, 6.07) is 0. The lowest BCUT2D eigenvalue weighted by molar-refractivity contribution is -0.0154. The van der Waals surface area contributed by atoms with E-state index in [4.69, 9.17) is 9.84 Å². The van der Waals surface area contributed by atoms with Crippen molar-refractivity contribution in [3.63, 3.8) is 0 Å². The lowest BCUT2D eigenvalue weighted by atomic mass is 10.1. The quantitative estimate of drug-likeness (QED) is 0.361. The molecule has 0 amide bonds. The monoisotopic (exact) mass is 283 g/mol. The van der Waals surface area contributed by atoms with E-state index in [1.54, 1.807) is 0 Å². The largest absolute Gasteiger partial charge is 0.394 e. The molecular weight excluding hydrogens is 270 g/mol. The molecule has 2 aromatic heterocycles. The molecule has 0 radical (unpaired) electrons. The first-order chi connectivity index (χ1) is 9.60. The van der Waals surface area contributed by atoms with Crippen molar-refractivity contribution in [1.82, 2.24) is 19.9 Å². The van der Waals surface area contributed by atoms with Gasteiger partial charge in [0.25, 0.3) is 5.56 Å². The smallest absolute Gasteiger partial charge is 0.278 e. The fourth-order valence-electron chi connectivity index (χ4n) is 2.06. The van der Waals surface area contributed by atoms with Gasteiger partial charge < -0.3 is 30.4 Å². The molecule has 2 aromatic rings. The van der Waals surface area contributed by atoms with Crippen molar-refractivity contribution in [3.05, 3.63) is 16.7 Å². The number of aliphatic hydroxyl groups is 3. The molecule has 1 aliphatic heterocycles. The maximum Gasteiger partial charge on any atom is 0.278 e. The molecule has 0 spiro atoms. The number of anilines is 1. The number of nitrogens with one attached hydrogen (secondary N) is 3. The molecule has 0 aliphatic carbocycles. The van der Waals surface area contributed by atoms with Crippen LogP contribution in [0.2, 0.25) is 0 Å². The molecule has 4 atom stereocenters. The van der Waals surface area contributed by atoms with E-state index >= 15 is 0 Å². The molecule has 1 fully saturated rings. The predicted octanol–water partition coefficient (Wildman–Crippen LogP) is -2.50. The van der Waals surface area contributed by atoms with Crippen LogP contribution in [0.4, 0.5) is 5.95 Å². The van der Waals surface area contributed by atoms with Crippen molar-refractivity contribution >= 4 is 17.1 Å². The van der Waals surface area contributed by atoms with Crippen molar-refractivity contribution in [3.8, 4) is 0 Å². The Labute approximate surface area is 111 Å². The maximum atomic E-state index is 11.7. The Hall–Kier alpha value is -2.01. The number of H-pyrrole nitrogens is 2. The van der Waals surface area contributed by atoms with Gasteiger partial charge in [0.1, 0.15) is 18.3 Å². The average molecular weight is 283 g/mol. The first-order valence-corrected chi connectivity index (χ1v) is 5.92. The van der Waals surface area contributed by atoms with Gasteiger partial charge in [0.05, 0.1) is 12.9 Å². The van der Waals surface area contributed by atoms with Crippen molar-refractivity contribution < 1.29 is 20.1 Å². The van der Waals surface area contributed by atoms with Gasteiger partial charge in [-0.15, -0.1) is 0 Å². The molecule has 6 N–H and O–H groups in total. The summed E-state index contributed by atoms with van der Waals surface area (Å²) in [4.78, 5) is 24.7. The van der Waals surface area contributed by atoms with Crippen LogP contribution in [0.5, 0.6) is 0 Å². The average Bonchev–Trinajstić information content (AvgIpc) is 2.99. The minimum Gasteiger partial charge on any atom is -0.394 e. The summed E-state index contributed by atoms with van der Waals surface area (Å²) in [6.45, 7) is -0.432. The molecule has 10 heteroatoms. The molecule has 3 rings (SSSR count). The van der Waals surface area contributed by atoms with E-state index in [0.29, 0.717) is 0 Å². The van der Waals surface area contributed by atoms with Crippen molar-refractivity contribution in [1.29, 1.82) is 0 Å². The van der Waals surface area contributed by atoms with Gasteiger partial charge >= 0.3 is 0 Å². The summed E-state index contributed by atoms with van der Waals surface area (Å²) in [6.07, 6.45) is -3.04. The predicted molar refractivity (Wildman–Crippen MR) is 65.9 cm³/mol. The number of hydrogen-bond donors (Lipinski definition) is 6. The van der Waals surface area contributed by atoms with Gasteiger partial charge in [-0.2, -0.15) is 4.98 Å². The van der Waals surface area contributed by atoms with E-state index in [1.165, 1.54) is 6.33 Å². The first-order valence-electron chi connectivity index (χ1n) is 5.92. The van der Waals surface area contributed by atoms with Crippen LogP contribution >= 0.6 is 0 Å². The number of ether oxygens (including phenoxy) is 1. The molecule has 108 valence electrons. The standard InChI is InChI=1S/C10H13N5O5/c16-1-3-5(17)6(18)9(20-3)15-10-13-7-4(8(19)14-10)11-2-12-7/h2-3,5-6,9,16-18H,1H2,(H3,11,12,13,14,15,19)/t3-,5-,6-,9-/m1/s1. The van der Waals surface area contributed by atoms with Crippen LogP contribution in [0.1, 0.15) is 0 Å². The fraction of sp³-hybridized carbons (Fsp3) is 0.500. The summed E-state index contributed by atoms with van der Waals surface area (Å²) < 4.78 is 5.22. The van der Waals surface area contributed by atoms with Gasteiger partial charge in [-0.1, -0.05) is 0 Å². The van der Waals surface area contributed by atoms with Gasteiger partial charge in [0.2, 0.25) is 5.95 Å². The van der Waals surface area contributed by atoms with Gasteiger partial charge in [-0.05, 0) is 0 Å². The highest BCUT2D eigenvalue weighted by Crippen LogP contribution is 2.21. The molecule has 10 nitrogen and oxygen atoms in total. The lowest BCUT2D eigenvalue weighted by Gasteiger charge is -2.16. The molecule has 0 bridgehead atoms. The molecule has 1 saturated heterocycles. The highest BCUT2D eigenvalue weighted by molar-refractivity contribution is 5.69. The third-order valence-corrected chi connectivity index (χ3v) is 3.12. The van der Waals surface area contributed by atoms with Gasteiger partial charge in [0, 0.05) is 0 Å². The second-order valence-electron chi connectivity index (χ2n) is 4.42. The Balaban J connectivity index is 1.84. The van der Waals surface area contributed by atoms with Crippen LogP contribution in [0.25, 0.3) is 11.2 Å². The minimum atomic E-state index is -1.26. The van der Waals surface area contributed by atoms with Crippen LogP contribution in [0, 0.1) is 0 Å². The topological polar surface area (TPSA) is 156 Å². The highest BCUT2D eigenvalue weighted by Gasteiger charge is 2.42. The number of hydrogen-bond acceptors (Lipinski definition) is 8. The number of aromatic nitrogens is 4. The Morgan fingerprint density at radius 2 is 2.20 bits per heavy atom. The zero-order valence-corrected chi connectivity index (χ0v) is 10.1. The fourth-order valence-corrected chi connectivity index (χ4v) is 2.06. The van der Waals surface area contributed by atoms with Gasteiger partial charge in [-0.3, -0.25) is 9.78 Å². The zero-order valence-electron chi connectivity index (χ0n) is 10.1. The molecule has 0 aromatic carbocycles. The molecule has 20 heavy (non-hydrogen) atoms. The number of nitrogens with zero attached hydrogens (tertiary/aromatic N) is 2. The Kier molecular flexibility index (Phi) is 3.14. The maximum absolute atomic E-state index is 11.7. The van der Waals surface area contributed by atoms with E-state index in [0.717, 1.165) is 0 Å². The first kappa shape index (κ1) is 13.0. The van der Waals surface area contributed by atoms with Gasteiger partial charge in [0.15, 0.2) is 17.4 Å². The summed E-state index contributed by atoms with van der Waals surface area (Å²) >= 11 is 0. The number of imidazole rings is 1. The van der Waals surface area contributed by atoms with Crippen LogP contribution in [-0.4, -0.2) is 66.4 Å². The zero-order chi connectivity index (χ0) is 14.3. The Morgan fingerprint density at radius 1 is 1.40 bits per heavy atom. The van der Waals surface area contributed by atoms with E-state index in [2.05, 4.69) is 25.3 Å². The Morgan fingerprint density at radius 3 is 2.90 bits per heavy atom. The highest BCUT2D eigenvalue weighted by atomic mass is 16.6. The van der Waals surface area contributed by atoms with Crippen LogP contribution in [0.3, 0.4) is 0 Å². The van der Waals surface area contributed by atoms with E-state index < -0.39 is 36.7 Å². The second kappa shape index (κ2) is 4.83. The number of aliphatic hydroxyl groups excluding tert-OH is 3. The molecule has 3 heterocycles. The third kappa shape index (κ3) is 2.04. The van der Waals surface area contributed by atoms with Crippen molar-refractivity contribution in [2.24, 2.45) is 0 Å². The van der Waals surface area contributed by atoms with Crippen LogP contribution < -0.4 is 10.9 Å². The van der Waals surface area contributed by atoms with Crippen LogP contribution in [-0.2, 0) is 4.74 Å². The summed E-state index contributed by atoms with van der Waals surface area (Å²) in [7, 11) is 0. The molecule has 0 unspecified atom stereocenters. The van der Waals surface area contributed by atoms with Crippen LogP contribution in [0.15, 0.2) is 11.1 Å². The van der Waals surface area contributed by atoms with Crippen molar-refractivity contribution in [2.75, 3.05) is 11.9 Å². The lowest BCUT2D eigenvalue weighted by Crippen LogP contribution is -2.37. The number of aromatic amines is 2. The normalized spacial score (nSPS) is 29.9. The van der Waals surface area contributed by atoms with Crippen molar-refractivity contribution in [2.45, 2.75) is 24.5 Å². The SMILES string of the molecule is O=c1[nH]c(N[C@@H]2O[C@H](CO)[C@@H](O)[C@H]2O)nc2nc[nH]c12. The Bertz CT molecular complexity index is 669. The molecule has 0 saturated carbocycles.